The molecule has 0 spiro atoms. The molecule has 1 nitrogen and oxygen atoms in total. The van der Waals surface area contributed by atoms with E-state index >= 15 is 0 Å². The normalized spacial score (nSPS) is 11.8. The molecule has 0 aliphatic carbocycles. The summed E-state index contributed by atoms with van der Waals surface area (Å²) in [5, 5.41) is 1.12. The first-order valence-corrected chi connectivity index (χ1v) is 12.0. The molecular weight excluding hydrogens is 336 g/mol. The molecule has 0 bridgehead atoms. The van der Waals surface area contributed by atoms with E-state index in [9.17, 15) is 0 Å². The van der Waals surface area contributed by atoms with E-state index in [0.29, 0.717) is 5.41 Å². The van der Waals surface area contributed by atoms with Gasteiger partial charge in [-0.2, -0.15) is 0 Å². The van der Waals surface area contributed by atoms with Gasteiger partial charge in [0.25, 0.3) is 0 Å². The predicted molar refractivity (Wildman–Crippen MR) is 119 cm³/mol. The zero-order valence-corrected chi connectivity index (χ0v) is 18.9. The molecule has 0 aromatic carbocycles. The van der Waals surface area contributed by atoms with Gasteiger partial charge in [-0.15, -0.1) is 11.3 Å². The van der Waals surface area contributed by atoms with Crippen molar-refractivity contribution < 1.29 is 4.74 Å². The van der Waals surface area contributed by atoms with Gasteiger partial charge in [-0.25, -0.2) is 0 Å². The van der Waals surface area contributed by atoms with Crippen LogP contribution in [0, 0.1) is 5.41 Å². The zero-order valence-electron chi connectivity index (χ0n) is 18.1. The fraction of sp³-hybridized carbons (Fsp3) is 0.833. The van der Waals surface area contributed by atoms with Crippen LogP contribution in [0.5, 0.6) is 5.06 Å². The maximum absolute atomic E-state index is 5.91. The third kappa shape index (κ3) is 13.7. The molecule has 0 saturated heterocycles. The standard InChI is InChI=1S/C24H44OS/c1-5-6-7-8-13-16-21-25-23-19-18-22(26-23)17-14-11-9-10-12-15-20-24(2,3)4/h18-19H,5-17,20-21H2,1-4H3. The lowest BCUT2D eigenvalue weighted by Crippen LogP contribution is -2.03. The molecular formula is C24H44OS. The van der Waals surface area contributed by atoms with Crippen LogP contribution in [0.2, 0.25) is 0 Å². The van der Waals surface area contributed by atoms with Crippen molar-refractivity contribution in [3.63, 3.8) is 0 Å². The van der Waals surface area contributed by atoms with E-state index in [1.54, 1.807) is 0 Å². The molecule has 0 amide bonds. The fourth-order valence-corrected chi connectivity index (χ4v) is 4.21. The molecule has 1 rings (SSSR count). The molecule has 2 heteroatoms. The maximum atomic E-state index is 5.91. The fourth-order valence-electron chi connectivity index (χ4n) is 3.29. The second kappa shape index (κ2) is 14.5. The first-order valence-electron chi connectivity index (χ1n) is 11.2. The Morgan fingerprint density at radius 2 is 1.38 bits per heavy atom. The van der Waals surface area contributed by atoms with Gasteiger partial charge < -0.3 is 4.74 Å². The van der Waals surface area contributed by atoms with Crippen molar-refractivity contribution in [2.24, 2.45) is 5.41 Å². The lowest BCUT2D eigenvalue weighted by molar-refractivity contribution is 0.313. The van der Waals surface area contributed by atoms with Gasteiger partial charge in [0.05, 0.1) is 6.61 Å². The molecule has 26 heavy (non-hydrogen) atoms. The van der Waals surface area contributed by atoms with Gasteiger partial charge >= 0.3 is 0 Å². The molecule has 0 radical (unpaired) electrons. The minimum absolute atomic E-state index is 0.508. The van der Waals surface area contributed by atoms with Crippen molar-refractivity contribution in [1.82, 2.24) is 0 Å². The van der Waals surface area contributed by atoms with Crippen LogP contribution < -0.4 is 4.74 Å². The summed E-state index contributed by atoms with van der Waals surface area (Å²) in [6.07, 6.45) is 18.9. The highest BCUT2D eigenvalue weighted by Crippen LogP contribution is 2.26. The molecule has 0 fully saturated rings. The zero-order chi connectivity index (χ0) is 19.1. The largest absolute Gasteiger partial charge is 0.484 e. The van der Waals surface area contributed by atoms with E-state index in [0.717, 1.165) is 11.7 Å². The Morgan fingerprint density at radius 1 is 0.769 bits per heavy atom. The highest BCUT2D eigenvalue weighted by Gasteiger charge is 2.08. The SMILES string of the molecule is CCCCCCCCOc1ccc(CCCCCCCCC(C)(C)C)s1. The summed E-state index contributed by atoms with van der Waals surface area (Å²) in [7, 11) is 0. The highest BCUT2D eigenvalue weighted by atomic mass is 32.1. The van der Waals surface area contributed by atoms with Gasteiger partial charge in [0.15, 0.2) is 5.06 Å². The Hall–Kier alpha value is -0.500. The van der Waals surface area contributed by atoms with Crippen molar-refractivity contribution in [1.29, 1.82) is 0 Å². The van der Waals surface area contributed by atoms with Crippen molar-refractivity contribution in [3.05, 3.63) is 17.0 Å². The molecule has 0 aliphatic heterocycles. The summed E-state index contributed by atoms with van der Waals surface area (Å²) in [6, 6.07) is 4.44. The van der Waals surface area contributed by atoms with E-state index in [4.69, 9.17) is 4.74 Å². The second-order valence-corrected chi connectivity index (χ2v) is 10.1. The number of unbranched alkanes of at least 4 members (excludes halogenated alkanes) is 10. The van der Waals surface area contributed by atoms with Crippen LogP contribution in [0.1, 0.15) is 116 Å². The van der Waals surface area contributed by atoms with Crippen molar-refractivity contribution in [3.8, 4) is 5.06 Å². The van der Waals surface area contributed by atoms with E-state index in [-0.39, 0.29) is 0 Å². The summed E-state index contributed by atoms with van der Waals surface area (Å²) in [4.78, 5) is 1.50. The van der Waals surface area contributed by atoms with Crippen LogP contribution in [-0.2, 0) is 6.42 Å². The molecule has 152 valence electrons. The van der Waals surface area contributed by atoms with Crippen LogP contribution in [0.15, 0.2) is 12.1 Å². The minimum atomic E-state index is 0.508. The molecule has 0 unspecified atom stereocenters. The van der Waals surface area contributed by atoms with Crippen LogP contribution >= 0.6 is 11.3 Å². The number of thiophene rings is 1. The summed E-state index contributed by atoms with van der Waals surface area (Å²) < 4.78 is 5.91. The smallest absolute Gasteiger partial charge is 0.173 e. The van der Waals surface area contributed by atoms with E-state index in [1.165, 1.54) is 94.8 Å². The van der Waals surface area contributed by atoms with Crippen LogP contribution in [0.3, 0.4) is 0 Å². The Balaban J connectivity index is 1.96. The first kappa shape index (κ1) is 23.5. The Morgan fingerprint density at radius 3 is 2.08 bits per heavy atom. The Kier molecular flexibility index (Phi) is 13.2. The van der Waals surface area contributed by atoms with E-state index in [2.05, 4.69) is 39.8 Å². The second-order valence-electron chi connectivity index (χ2n) is 9.02. The summed E-state index contributed by atoms with van der Waals surface area (Å²) in [6.45, 7) is 10.2. The van der Waals surface area contributed by atoms with Crippen LogP contribution in [0.4, 0.5) is 0 Å². The topological polar surface area (TPSA) is 9.23 Å². The number of hydrogen-bond acceptors (Lipinski definition) is 2. The minimum Gasteiger partial charge on any atom is -0.484 e. The monoisotopic (exact) mass is 380 g/mol. The number of rotatable bonds is 16. The van der Waals surface area contributed by atoms with Crippen LogP contribution in [0.25, 0.3) is 0 Å². The molecule has 1 aromatic rings. The molecule has 1 aromatic heterocycles. The van der Waals surface area contributed by atoms with Gasteiger partial charge in [-0.3, -0.25) is 0 Å². The average molecular weight is 381 g/mol. The maximum Gasteiger partial charge on any atom is 0.173 e. The summed E-state index contributed by atoms with van der Waals surface area (Å²) in [5.41, 5.74) is 0.508. The van der Waals surface area contributed by atoms with E-state index in [1.807, 2.05) is 11.3 Å². The molecule has 0 N–H and O–H groups in total. The number of ether oxygens (including phenoxy) is 1. The summed E-state index contributed by atoms with van der Waals surface area (Å²) >= 11 is 1.86. The van der Waals surface area contributed by atoms with Gasteiger partial charge in [0.2, 0.25) is 0 Å². The first-order chi connectivity index (χ1) is 12.5. The van der Waals surface area contributed by atoms with Gasteiger partial charge in [0.1, 0.15) is 0 Å². The quantitative estimate of drug-likeness (QED) is 0.260. The lowest BCUT2D eigenvalue weighted by Gasteiger charge is -2.17. The van der Waals surface area contributed by atoms with Crippen molar-refractivity contribution in [2.75, 3.05) is 6.61 Å². The van der Waals surface area contributed by atoms with Gasteiger partial charge in [-0.05, 0) is 43.2 Å². The predicted octanol–water partition coefficient (Wildman–Crippen LogP) is 8.81. The summed E-state index contributed by atoms with van der Waals surface area (Å²) in [5.74, 6) is 0. The van der Waals surface area contributed by atoms with Crippen molar-refractivity contribution in [2.45, 2.75) is 118 Å². The number of hydrogen-bond donors (Lipinski definition) is 0. The third-order valence-electron chi connectivity index (χ3n) is 4.98. The van der Waals surface area contributed by atoms with Gasteiger partial charge in [0, 0.05) is 4.88 Å². The highest BCUT2D eigenvalue weighted by molar-refractivity contribution is 7.13. The lowest BCUT2D eigenvalue weighted by atomic mass is 9.89. The third-order valence-corrected chi connectivity index (χ3v) is 6.04. The molecule has 0 saturated carbocycles. The molecule has 0 aliphatic rings. The molecule has 1 heterocycles. The Labute approximate surface area is 167 Å². The number of aryl methyl sites for hydroxylation is 1. The molecule has 0 atom stereocenters. The van der Waals surface area contributed by atoms with Crippen molar-refractivity contribution >= 4 is 11.3 Å². The van der Waals surface area contributed by atoms with Gasteiger partial charge in [-0.1, -0.05) is 91.9 Å². The van der Waals surface area contributed by atoms with Crippen LogP contribution in [-0.4, -0.2) is 6.61 Å². The average Bonchev–Trinajstić information content (AvgIpc) is 3.03. The van der Waals surface area contributed by atoms with E-state index < -0.39 is 0 Å². The Bertz CT molecular complexity index is 430.